The summed E-state index contributed by atoms with van der Waals surface area (Å²) in [5, 5.41) is 10.2. The van der Waals surface area contributed by atoms with Crippen molar-refractivity contribution in [3.63, 3.8) is 0 Å². The summed E-state index contributed by atoms with van der Waals surface area (Å²) in [6.45, 7) is 1.93. The molecule has 2 aliphatic heterocycles. The highest BCUT2D eigenvalue weighted by molar-refractivity contribution is 7.17. The van der Waals surface area contributed by atoms with Crippen LogP contribution in [0.3, 0.4) is 0 Å². The van der Waals surface area contributed by atoms with Gasteiger partial charge in [0.25, 0.3) is 5.91 Å². The quantitative estimate of drug-likeness (QED) is 0.388. The SMILES string of the molecule is CCOC(=O)c1c(NC(=O)c2cc3n(n2)C(C(F)(F)F)CC(c2ccc4c(c2)OCO4)N3)sc2c1CCCC2. The fraction of sp³-hybridized carbons (Fsp3) is 0.423. The number of alkyl halides is 3. The van der Waals surface area contributed by atoms with Crippen molar-refractivity contribution < 1.29 is 37.0 Å². The van der Waals surface area contributed by atoms with Gasteiger partial charge in [-0.3, -0.25) is 4.79 Å². The Kier molecular flexibility index (Phi) is 6.40. The number of amides is 1. The Hall–Kier alpha value is -3.74. The predicted molar refractivity (Wildman–Crippen MR) is 136 cm³/mol. The van der Waals surface area contributed by atoms with Crippen LogP contribution in [0.5, 0.6) is 11.5 Å². The maximum Gasteiger partial charge on any atom is 0.410 e. The van der Waals surface area contributed by atoms with Crippen LogP contribution in [-0.2, 0) is 17.6 Å². The molecule has 0 saturated carbocycles. The number of carbonyl (C=O) groups is 2. The van der Waals surface area contributed by atoms with Crippen LogP contribution in [0.25, 0.3) is 0 Å². The third-order valence-electron chi connectivity index (χ3n) is 7.10. The minimum Gasteiger partial charge on any atom is -0.462 e. The second-order valence-electron chi connectivity index (χ2n) is 9.55. The van der Waals surface area contributed by atoms with Gasteiger partial charge in [-0.15, -0.1) is 11.3 Å². The monoisotopic (exact) mass is 562 g/mol. The number of carbonyl (C=O) groups excluding carboxylic acids is 2. The number of nitrogens with one attached hydrogen (secondary N) is 2. The molecule has 39 heavy (non-hydrogen) atoms. The van der Waals surface area contributed by atoms with Crippen LogP contribution >= 0.6 is 11.3 Å². The molecule has 13 heteroatoms. The molecule has 1 aromatic carbocycles. The van der Waals surface area contributed by atoms with Crippen LogP contribution in [0.2, 0.25) is 0 Å². The number of ether oxygens (including phenoxy) is 3. The molecule has 0 spiro atoms. The molecular formula is C26H25F3N4O5S. The van der Waals surface area contributed by atoms with Gasteiger partial charge in [-0.2, -0.15) is 18.3 Å². The van der Waals surface area contributed by atoms with E-state index in [-0.39, 0.29) is 31.3 Å². The van der Waals surface area contributed by atoms with Crippen molar-refractivity contribution in [2.45, 2.75) is 57.3 Å². The number of thiophene rings is 1. The molecule has 2 atom stereocenters. The summed E-state index contributed by atoms with van der Waals surface area (Å²) in [5.41, 5.74) is 1.59. The summed E-state index contributed by atoms with van der Waals surface area (Å²) < 4.78 is 59.2. The van der Waals surface area contributed by atoms with Gasteiger partial charge >= 0.3 is 12.1 Å². The smallest absolute Gasteiger partial charge is 0.410 e. The molecule has 9 nitrogen and oxygen atoms in total. The van der Waals surface area contributed by atoms with Crippen molar-refractivity contribution in [1.82, 2.24) is 9.78 Å². The number of benzene rings is 1. The number of hydrogen-bond acceptors (Lipinski definition) is 8. The third-order valence-corrected chi connectivity index (χ3v) is 8.31. The van der Waals surface area contributed by atoms with E-state index in [0.717, 1.165) is 34.4 Å². The van der Waals surface area contributed by atoms with Crippen LogP contribution in [0, 0.1) is 0 Å². The number of fused-ring (bicyclic) bond motifs is 3. The Balaban J connectivity index is 1.30. The van der Waals surface area contributed by atoms with Crippen LogP contribution in [0.15, 0.2) is 24.3 Å². The van der Waals surface area contributed by atoms with E-state index in [1.165, 1.54) is 17.4 Å². The minimum absolute atomic E-state index is 0.0540. The van der Waals surface area contributed by atoms with Gasteiger partial charge in [0, 0.05) is 17.4 Å². The fourth-order valence-electron chi connectivity index (χ4n) is 5.27. The number of esters is 1. The maximum absolute atomic E-state index is 14.1. The summed E-state index contributed by atoms with van der Waals surface area (Å²) >= 11 is 1.30. The van der Waals surface area contributed by atoms with E-state index in [9.17, 15) is 22.8 Å². The van der Waals surface area contributed by atoms with Crippen LogP contribution in [0.1, 0.15) is 75.1 Å². The molecule has 0 radical (unpaired) electrons. The molecule has 4 heterocycles. The highest BCUT2D eigenvalue weighted by Gasteiger charge is 2.47. The van der Waals surface area contributed by atoms with Gasteiger partial charge in [0.15, 0.2) is 23.2 Å². The Bertz CT molecular complexity index is 1450. The first-order chi connectivity index (χ1) is 18.7. The molecule has 2 aromatic heterocycles. The predicted octanol–water partition coefficient (Wildman–Crippen LogP) is 5.64. The highest BCUT2D eigenvalue weighted by Crippen LogP contribution is 2.45. The normalized spacial score (nSPS) is 19.6. The molecule has 1 amide bonds. The first-order valence-corrected chi connectivity index (χ1v) is 13.5. The number of hydrogen-bond donors (Lipinski definition) is 2. The van der Waals surface area contributed by atoms with Crippen molar-refractivity contribution in [2.75, 3.05) is 24.0 Å². The Labute approximate surface area is 225 Å². The molecular weight excluding hydrogens is 537 g/mol. The average Bonchev–Trinajstić information content (AvgIpc) is 3.63. The zero-order chi connectivity index (χ0) is 27.3. The van der Waals surface area contributed by atoms with Crippen molar-refractivity contribution >= 4 is 34.0 Å². The number of aromatic nitrogens is 2. The molecule has 1 aliphatic carbocycles. The Morgan fingerprint density at radius 3 is 2.79 bits per heavy atom. The lowest BCUT2D eigenvalue weighted by Gasteiger charge is -2.33. The second kappa shape index (κ2) is 9.78. The van der Waals surface area contributed by atoms with Crippen molar-refractivity contribution in [3.8, 4) is 11.5 Å². The van der Waals surface area contributed by atoms with E-state index in [1.807, 2.05) is 0 Å². The van der Waals surface area contributed by atoms with Gasteiger partial charge in [-0.1, -0.05) is 6.07 Å². The van der Waals surface area contributed by atoms with E-state index in [0.29, 0.717) is 34.0 Å². The number of aryl methyl sites for hydroxylation is 1. The first kappa shape index (κ1) is 25.5. The summed E-state index contributed by atoms with van der Waals surface area (Å²) in [4.78, 5) is 27.0. The maximum atomic E-state index is 14.1. The molecule has 2 N–H and O–H groups in total. The Morgan fingerprint density at radius 1 is 1.21 bits per heavy atom. The number of anilines is 2. The number of nitrogens with zero attached hydrogens (tertiary/aromatic N) is 2. The van der Waals surface area contributed by atoms with Crippen molar-refractivity contribution in [1.29, 1.82) is 0 Å². The summed E-state index contributed by atoms with van der Waals surface area (Å²) in [6.07, 6.45) is -1.54. The van der Waals surface area contributed by atoms with Crippen molar-refractivity contribution in [3.05, 3.63) is 51.5 Å². The van der Waals surface area contributed by atoms with Crippen LogP contribution in [0.4, 0.5) is 24.0 Å². The molecule has 206 valence electrons. The summed E-state index contributed by atoms with van der Waals surface area (Å²) in [5.74, 6) is -0.172. The van der Waals surface area contributed by atoms with Crippen molar-refractivity contribution in [2.24, 2.45) is 0 Å². The molecule has 0 saturated heterocycles. The third kappa shape index (κ3) is 4.68. The minimum atomic E-state index is -4.60. The average molecular weight is 563 g/mol. The molecule has 0 bridgehead atoms. The zero-order valence-electron chi connectivity index (χ0n) is 20.9. The van der Waals surface area contributed by atoms with Crippen LogP contribution in [-0.4, -0.2) is 41.2 Å². The largest absolute Gasteiger partial charge is 0.462 e. The van der Waals surface area contributed by atoms with Crippen LogP contribution < -0.4 is 20.1 Å². The molecule has 6 rings (SSSR count). The van der Waals surface area contributed by atoms with E-state index in [1.54, 1.807) is 25.1 Å². The van der Waals surface area contributed by atoms with E-state index in [2.05, 4.69) is 15.7 Å². The topological polar surface area (TPSA) is 104 Å². The molecule has 3 aliphatic rings. The second-order valence-corrected chi connectivity index (χ2v) is 10.7. The zero-order valence-corrected chi connectivity index (χ0v) is 21.7. The highest BCUT2D eigenvalue weighted by atomic mass is 32.1. The van der Waals surface area contributed by atoms with Gasteiger partial charge in [0.05, 0.1) is 18.2 Å². The van der Waals surface area contributed by atoms with E-state index in [4.69, 9.17) is 14.2 Å². The standard InChI is InChI=1S/C26H25F3N4O5S/c1-2-36-25(35)22-14-5-3-4-6-19(14)39-24(22)31-23(34)16-11-21-30-15(10-20(26(27,28)29)33(21)32-16)13-7-8-17-18(9-13)38-12-37-17/h7-9,11,15,20,30H,2-6,10,12H2,1H3,(H,31,34). The summed E-state index contributed by atoms with van der Waals surface area (Å²) in [7, 11) is 0. The van der Waals surface area contributed by atoms with E-state index < -0.39 is 30.1 Å². The van der Waals surface area contributed by atoms with Gasteiger partial charge in [-0.25, -0.2) is 9.48 Å². The number of halogens is 3. The molecule has 3 aromatic rings. The molecule has 2 unspecified atom stereocenters. The first-order valence-electron chi connectivity index (χ1n) is 12.7. The lowest BCUT2D eigenvalue weighted by molar-refractivity contribution is -0.173. The van der Waals surface area contributed by atoms with E-state index >= 15 is 0 Å². The lowest BCUT2D eigenvalue weighted by atomic mass is 9.95. The van der Waals surface area contributed by atoms with Gasteiger partial charge in [0.1, 0.15) is 10.8 Å². The van der Waals surface area contributed by atoms with Gasteiger partial charge in [-0.05, 0) is 55.9 Å². The van der Waals surface area contributed by atoms with Gasteiger partial charge in [0.2, 0.25) is 6.79 Å². The number of rotatable bonds is 5. The Morgan fingerprint density at radius 2 is 2.00 bits per heavy atom. The van der Waals surface area contributed by atoms with Gasteiger partial charge < -0.3 is 24.8 Å². The molecule has 0 fully saturated rings. The summed E-state index contributed by atoms with van der Waals surface area (Å²) in [6, 6.07) is 3.65. The lowest BCUT2D eigenvalue weighted by Crippen LogP contribution is -2.35. The fourth-order valence-corrected chi connectivity index (χ4v) is 6.55.